The van der Waals surface area contributed by atoms with E-state index in [0.29, 0.717) is 0 Å². The van der Waals surface area contributed by atoms with Crippen LogP contribution >= 0.6 is 0 Å². The van der Waals surface area contributed by atoms with Crippen molar-refractivity contribution in [3.63, 3.8) is 0 Å². The molecule has 18 heavy (non-hydrogen) atoms. The second-order valence-corrected chi connectivity index (χ2v) is 3.79. The number of ketones is 1. The molecule has 0 aliphatic carbocycles. The summed E-state index contributed by atoms with van der Waals surface area (Å²) < 4.78 is 0. The monoisotopic (exact) mass is 327 g/mol. The van der Waals surface area contributed by atoms with Gasteiger partial charge in [0, 0.05) is 32.1 Å². The average Bonchev–Trinajstić information content (AvgIpc) is 2.38. The molecule has 2 aromatic rings. The Labute approximate surface area is 121 Å². The molecule has 1 nitrogen and oxygen atoms in total. The van der Waals surface area contributed by atoms with Crippen molar-refractivity contribution in [2.75, 3.05) is 0 Å². The van der Waals surface area contributed by atoms with Crippen molar-refractivity contribution in [2.45, 2.75) is 6.92 Å². The summed E-state index contributed by atoms with van der Waals surface area (Å²) in [5.41, 5.74) is 2.86. The molecule has 0 spiro atoms. The molecule has 1 radical (unpaired) electrons. The van der Waals surface area contributed by atoms with E-state index >= 15 is 0 Å². The second-order valence-electron chi connectivity index (χ2n) is 3.79. The van der Waals surface area contributed by atoms with Crippen LogP contribution in [0.3, 0.4) is 0 Å². The van der Waals surface area contributed by atoms with Gasteiger partial charge in [0.15, 0.2) is 5.78 Å². The molecule has 0 aromatic heterocycles. The number of carbonyl (C=O) groups is 1. The van der Waals surface area contributed by atoms with E-state index in [1.165, 1.54) is 6.92 Å². The summed E-state index contributed by atoms with van der Waals surface area (Å²) >= 11 is 0. The minimum Gasteiger partial charge on any atom is -0.294 e. The van der Waals surface area contributed by atoms with Crippen LogP contribution in [0.15, 0.2) is 60.7 Å². The summed E-state index contributed by atoms with van der Waals surface area (Å²) in [5.74, 6) is -0.0623. The minimum absolute atomic E-state index is 0. The maximum Gasteiger partial charge on any atom is 0.161 e. The molecule has 2 aromatic carbocycles. The molecule has 0 amide bonds. The van der Waals surface area contributed by atoms with Crippen molar-refractivity contribution in [3.8, 4) is 0 Å². The fourth-order valence-electron chi connectivity index (χ4n) is 1.70. The number of Topliss-reactive ketones (excluding diaryl/α,β-unsaturated/α-hetero) is 1. The maximum absolute atomic E-state index is 11.3. The summed E-state index contributed by atoms with van der Waals surface area (Å²) in [7, 11) is 0. The van der Waals surface area contributed by atoms with Crippen LogP contribution in [0.5, 0.6) is 0 Å². The van der Waals surface area contributed by atoms with Crippen molar-refractivity contribution in [2.24, 2.45) is 0 Å². The van der Waals surface area contributed by atoms with Crippen molar-refractivity contribution in [1.29, 1.82) is 0 Å². The molecule has 0 saturated carbocycles. The van der Waals surface area contributed by atoms with Gasteiger partial charge >= 0.3 is 0 Å². The average molecular weight is 328 g/mol. The first kappa shape index (κ1) is 14.6. The molecule has 93 valence electrons. The fourth-order valence-corrected chi connectivity index (χ4v) is 1.70. The van der Waals surface area contributed by atoms with E-state index in [0.717, 1.165) is 16.7 Å². The molecular formula is C16H13OPd. The van der Waals surface area contributed by atoms with Gasteiger partial charge in [0.1, 0.15) is 0 Å². The van der Waals surface area contributed by atoms with Crippen molar-refractivity contribution >= 4 is 11.4 Å². The molecule has 0 saturated heterocycles. The van der Waals surface area contributed by atoms with E-state index < -0.39 is 0 Å². The van der Waals surface area contributed by atoms with E-state index in [1.807, 2.05) is 60.7 Å². The Hall–Kier alpha value is -1.49. The number of allylic oxidation sites excluding steroid dienone is 1. The Morgan fingerprint density at radius 2 is 1.22 bits per heavy atom. The van der Waals surface area contributed by atoms with Crippen molar-refractivity contribution in [3.05, 3.63) is 77.9 Å². The van der Waals surface area contributed by atoms with E-state index in [-0.39, 0.29) is 26.2 Å². The number of hydrogen-bond donors (Lipinski definition) is 0. The van der Waals surface area contributed by atoms with Crippen molar-refractivity contribution < 1.29 is 25.2 Å². The predicted octanol–water partition coefficient (Wildman–Crippen LogP) is 3.51. The standard InChI is InChI=1S/C16H13O.Pd/c1-13(17)12-16(14-8-4-2-5-9-14)15-10-6-3-7-11-15;/h2-11H,1H3;. The van der Waals surface area contributed by atoms with Gasteiger partial charge in [0.2, 0.25) is 0 Å². The summed E-state index contributed by atoms with van der Waals surface area (Å²) in [6.45, 7) is 1.52. The second kappa shape index (κ2) is 7.06. The number of carbonyl (C=O) groups excluding carboxylic acids is 1. The number of rotatable bonds is 3. The normalized spacial score (nSPS) is 9.17. The van der Waals surface area contributed by atoms with E-state index in [9.17, 15) is 4.79 Å². The Balaban J connectivity index is 0.00000162. The molecule has 0 bridgehead atoms. The first-order valence-electron chi connectivity index (χ1n) is 5.53. The van der Waals surface area contributed by atoms with Gasteiger partial charge in [-0.3, -0.25) is 4.79 Å². The van der Waals surface area contributed by atoms with Crippen LogP contribution in [0.1, 0.15) is 18.1 Å². The topological polar surface area (TPSA) is 17.1 Å². The summed E-state index contributed by atoms with van der Waals surface area (Å²) in [6.07, 6.45) is 2.89. The Morgan fingerprint density at radius 1 is 0.833 bits per heavy atom. The molecule has 2 rings (SSSR count). The SMILES string of the molecule is CC(=O)[C]=C(c1ccccc1)c1ccccc1.[Pd]. The van der Waals surface area contributed by atoms with Gasteiger partial charge in [0.25, 0.3) is 0 Å². The fraction of sp³-hybridized carbons (Fsp3) is 0.0625. The summed E-state index contributed by atoms with van der Waals surface area (Å²) in [6, 6.07) is 19.7. The van der Waals surface area contributed by atoms with Crippen LogP contribution in [0.25, 0.3) is 5.57 Å². The first-order chi connectivity index (χ1) is 8.27. The third kappa shape index (κ3) is 3.77. The van der Waals surface area contributed by atoms with Gasteiger partial charge in [-0.15, -0.1) is 0 Å². The van der Waals surface area contributed by atoms with Crippen LogP contribution in [0.4, 0.5) is 0 Å². The first-order valence-corrected chi connectivity index (χ1v) is 5.53. The van der Waals surface area contributed by atoms with Gasteiger partial charge in [-0.05, 0) is 18.1 Å². The van der Waals surface area contributed by atoms with E-state index in [1.54, 1.807) is 0 Å². The van der Waals surface area contributed by atoms with Gasteiger partial charge < -0.3 is 0 Å². The van der Waals surface area contributed by atoms with Crippen LogP contribution in [0.2, 0.25) is 0 Å². The minimum atomic E-state index is -0.0623. The summed E-state index contributed by atoms with van der Waals surface area (Å²) in [5, 5.41) is 0. The Morgan fingerprint density at radius 3 is 1.56 bits per heavy atom. The number of hydrogen-bond acceptors (Lipinski definition) is 1. The molecule has 0 fully saturated rings. The Bertz CT molecular complexity index is 488. The van der Waals surface area contributed by atoms with E-state index in [2.05, 4.69) is 6.08 Å². The van der Waals surface area contributed by atoms with Crippen LogP contribution in [0, 0.1) is 6.08 Å². The van der Waals surface area contributed by atoms with Gasteiger partial charge in [-0.2, -0.15) is 0 Å². The largest absolute Gasteiger partial charge is 0.294 e. The smallest absolute Gasteiger partial charge is 0.161 e. The van der Waals surface area contributed by atoms with Crippen LogP contribution < -0.4 is 0 Å². The molecular weight excluding hydrogens is 315 g/mol. The zero-order valence-electron chi connectivity index (χ0n) is 10.00. The van der Waals surface area contributed by atoms with Gasteiger partial charge in [-0.1, -0.05) is 60.7 Å². The molecule has 2 heteroatoms. The zero-order valence-corrected chi connectivity index (χ0v) is 11.6. The predicted molar refractivity (Wildman–Crippen MR) is 69.3 cm³/mol. The molecule has 0 unspecified atom stereocenters. The molecule has 0 N–H and O–H groups in total. The third-order valence-electron chi connectivity index (χ3n) is 2.43. The van der Waals surface area contributed by atoms with Gasteiger partial charge in [-0.25, -0.2) is 0 Å². The van der Waals surface area contributed by atoms with Gasteiger partial charge in [0.05, 0.1) is 0 Å². The van der Waals surface area contributed by atoms with Crippen LogP contribution in [-0.2, 0) is 25.2 Å². The Kier molecular flexibility index (Phi) is 5.72. The molecule has 0 aliphatic heterocycles. The van der Waals surface area contributed by atoms with Crippen LogP contribution in [-0.4, -0.2) is 5.78 Å². The van der Waals surface area contributed by atoms with Crippen molar-refractivity contribution in [1.82, 2.24) is 0 Å². The zero-order chi connectivity index (χ0) is 12.1. The third-order valence-corrected chi connectivity index (χ3v) is 2.43. The number of benzene rings is 2. The maximum atomic E-state index is 11.3. The molecule has 0 heterocycles. The van der Waals surface area contributed by atoms with E-state index in [4.69, 9.17) is 0 Å². The molecule has 0 aliphatic rings. The quantitative estimate of drug-likeness (QED) is 0.623. The summed E-state index contributed by atoms with van der Waals surface area (Å²) in [4.78, 5) is 11.3. The molecule has 0 atom stereocenters.